The van der Waals surface area contributed by atoms with Crippen molar-refractivity contribution in [3.63, 3.8) is 0 Å². The number of benzene rings is 3. The number of pyridine rings is 1. The van der Waals surface area contributed by atoms with Gasteiger partial charge < -0.3 is 4.90 Å². The Morgan fingerprint density at radius 1 is 1.02 bits per heavy atom. The minimum absolute atomic E-state index is 0.169. The molecular weight excluding hydrogens is 570 g/mol. The average molecular weight is 600 g/mol. The van der Waals surface area contributed by atoms with E-state index in [1.54, 1.807) is 22.8 Å². The van der Waals surface area contributed by atoms with E-state index in [9.17, 15) is 13.2 Å². The predicted molar refractivity (Wildman–Crippen MR) is 166 cm³/mol. The van der Waals surface area contributed by atoms with Crippen molar-refractivity contribution in [1.82, 2.24) is 19.7 Å². The summed E-state index contributed by atoms with van der Waals surface area (Å²) in [6.07, 6.45) is 2.31. The van der Waals surface area contributed by atoms with Crippen LogP contribution in [0.4, 0.5) is 5.69 Å². The number of halogens is 1. The van der Waals surface area contributed by atoms with Crippen molar-refractivity contribution in [2.45, 2.75) is 25.9 Å². The summed E-state index contributed by atoms with van der Waals surface area (Å²) in [7, 11) is -1.49. The van der Waals surface area contributed by atoms with E-state index in [1.807, 2.05) is 91.9 Å². The molecule has 1 saturated heterocycles. The van der Waals surface area contributed by atoms with Crippen LogP contribution in [0, 0.1) is 0 Å². The van der Waals surface area contributed by atoms with Crippen LogP contribution < -0.4 is 4.31 Å². The number of aromatic nitrogens is 3. The lowest BCUT2D eigenvalue weighted by molar-refractivity contribution is 0.0744. The maximum absolute atomic E-state index is 14.1. The van der Waals surface area contributed by atoms with E-state index in [-0.39, 0.29) is 17.7 Å². The largest absolute Gasteiger partial charge is 0.335 e. The van der Waals surface area contributed by atoms with Gasteiger partial charge in [0.05, 0.1) is 46.9 Å². The first kappa shape index (κ1) is 27.9. The Bertz CT molecular complexity index is 1870. The number of amides is 1. The van der Waals surface area contributed by atoms with Crippen molar-refractivity contribution in [1.29, 1.82) is 0 Å². The number of sulfonamides is 1. The molecule has 214 valence electrons. The second kappa shape index (κ2) is 11.2. The van der Waals surface area contributed by atoms with Crippen LogP contribution in [0.3, 0.4) is 0 Å². The second-order valence-corrected chi connectivity index (χ2v) is 12.9. The topological polar surface area (TPSA) is 88.4 Å². The van der Waals surface area contributed by atoms with E-state index in [1.165, 1.54) is 4.31 Å². The van der Waals surface area contributed by atoms with Gasteiger partial charge >= 0.3 is 0 Å². The van der Waals surface area contributed by atoms with Gasteiger partial charge in [-0.2, -0.15) is 5.10 Å². The zero-order valence-corrected chi connectivity index (χ0v) is 24.9. The molecule has 0 aliphatic carbocycles. The number of fused-ring (bicyclic) bond motifs is 1. The van der Waals surface area contributed by atoms with Crippen molar-refractivity contribution in [2.75, 3.05) is 23.7 Å². The number of hydrogen-bond donors (Lipinski definition) is 0. The summed E-state index contributed by atoms with van der Waals surface area (Å²) in [5, 5.41) is 5.89. The third-order valence-electron chi connectivity index (χ3n) is 7.85. The summed E-state index contributed by atoms with van der Waals surface area (Å²) in [5.41, 5.74) is 5.10. The monoisotopic (exact) mass is 599 g/mol. The number of rotatable bonds is 7. The molecule has 42 heavy (non-hydrogen) atoms. The Balaban J connectivity index is 1.35. The number of hydrogen-bond acceptors (Lipinski definition) is 5. The number of nitrogens with zero attached hydrogens (tertiary/aromatic N) is 5. The minimum Gasteiger partial charge on any atom is -0.335 e. The summed E-state index contributed by atoms with van der Waals surface area (Å²) in [4.78, 5) is 20.7. The molecule has 3 heterocycles. The first-order valence-electron chi connectivity index (χ1n) is 13.8. The van der Waals surface area contributed by atoms with Gasteiger partial charge in [0, 0.05) is 24.2 Å². The molecule has 8 nitrogen and oxygen atoms in total. The van der Waals surface area contributed by atoms with Crippen LogP contribution in [0.25, 0.3) is 22.3 Å². The van der Waals surface area contributed by atoms with E-state index >= 15 is 0 Å². The molecule has 3 aromatic carbocycles. The Kier molecular flexibility index (Phi) is 7.47. The molecule has 6 rings (SSSR count). The molecule has 0 N–H and O–H groups in total. The highest BCUT2D eigenvalue weighted by atomic mass is 35.5. The summed E-state index contributed by atoms with van der Waals surface area (Å²) in [6.45, 7) is 2.85. The lowest BCUT2D eigenvalue weighted by atomic mass is 10.0. The van der Waals surface area contributed by atoms with E-state index < -0.39 is 10.0 Å². The van der Waals surface area contributed by atoms with Gasteiger partial charge in [-0.3, -0.25) is 9.10 Å². The summed E-state index contributed by atoms with van der Waals surface area (Å²) < 4.78 is 27.9. The van der Waals surface area contributed by atoms with Crippen LogP contribution in [-0.2, 0) is 16.6 Å². The number of carbonyl (C=O) groups excluding carboxylic acids is 1. The lowest BCUT2D eigenvalue weighted by Gasteiger charge is -2.26. The molecule has 1 aliphatic rings. The smallest absolute Gasteiger partial charge is 0.254 e. The Hall–Kier alpha value is -4.21. The highest BCUT2D eigenvalue weighted by Gasteiger charge is 2.29. The second-order valence-electron chi connectivity index (χ2n) is 10.5. The Morgan fingerprint density at radius 2 is 1.74 bits per heavy atom. The van der Waals surface area contributed by atoms with Crippen LogP contribution in [-0.4, -0.2) is 53.3 Å². The zero-order valence-electron chi connectivity index (χ0n) is 23.3. The number of carbonyl (C=O) groups is 1. The van der Waals surface area contributed by atoms with E-state index in [4.69, 9.17) is 16.6 Å². The van der Waals surface area contributed by atoms with Gasteiger partial charge in [0.15, 0.2) is 5.65 Å². The van der Waals surface area contributed by atoms with Crippen LogP contribution in [0.1, 0.15) is 40.9 Å². The molecule has 1 aliphatic heterocycles. The fourth-order valence-electron chi connectivity index (χ4n) is 5.32. The van der Waals surface area contributed by atoms with Gasteiger partial charge in [-0.1, -0.05) is 72.3 Å². The highest BCUT2D eigenvalue weighted by Crippen LogP contribution is 2.31. The van der Waals surface area contributed by atoms with Gasteiger partial charge in [-0.05, 0) is 48.7 Å². The van der Waals surface area contributed by atoms with Gasteiger partial charge in [0.2, 0.25) is 10.0 Å². The molecule has 1 amide bonds. The van der Waals surface area contributed by atoms with E-state index in [0.717, 1.165) is 16.7 Å². The third kappa shape index (κ3) is 5.26. The van der Waals surface area contributed by atoms with Crippen molar-refractivity contribution >= 4 is 44.3 Å². The fourth-order valence-corrected chi connectivity index (χ4v) is 7.08. The maximum atomic E-state index is 14.1. The normalized spacial score (nSPS) is 15.2. The maximum Gasteiger partial charge on any atom is 0.254 e. The van der Waals surface area contributed by atoms with Crippen molar-refractivity contribution in [3.8, 4) is 11.3 Å². The van der Waals surface area contributed by atoms with Crippen LogP contribution in [0.2, 0.25) is 5.02 Å². The van der Waals surface area contributed by atoms with E-state index in [0.29, 0.717) is 52.5 Å². The van der Waals surface area contributed by atoms with E-state index in [2.05, 4.69) is 5.10 Å². The summed E-state index contributed by atoms with van der Waals surface area (Å²) >= 11 is 6.44. The van der Waals surface area contributed by atoms with Crippen molar-refractivity contribution in [2.24, 2.45) is 0 Å². The van der Waals surface area contributed by atoms with Gasteiger partial charge in [0.25, 0.3) is 5.91 Å². The van der Waals surface area contributed by atoms with Crippen LogP contribution >= 0.6 is 11.6 Å². The highest BCUT2D eigenvalue weighted by molar-refractivity contribution is 7.93. The molecule has 5 aromatic rings. The molecule has 0 bridgehead atoms. The molecule has 0 saturated carbocycles. The SMILES string of the molecule is CC(c1ccc(N2CCCS2(=O)=O)cc1)N(C)C(=O)c1cc(-c2ccccc2)nc2c1cnn2Cc1ccccc1Cl. The van der Waals surface area contributed by atoms with Gasteiger partial charge in [-0.15, -0.1) is 0 Å². The zero-order chi connectivity index (χ0) is 29.4. The molecule has 0 radical (unpaired) electrons. The minimum atomic E-state index is -3.26. The first-order chi connectivity index (χ1) is 20.2. The Labute approximate surface area is 250 Å². The molecule has 1 atom stereocenters. The molecule has 0 spiro atoms. The first-order valence-corrected chi connectivity index (χ1v) is 15.7. The molecular formula is C32H30ClN5O3S. The van der Waals surface area contributed by atoms with Crippen LogP contribution in [0.5, 0.6) is 0 Å². The number of anilines is 1. The lowest BCUT2D eigenvalue weighted by Crippen LogP contribution is -2.30. The quantitative estimate of drug-likeness (QED) is 0.223. The average Bonchev–Trinajstić information content (AvgIpc) is 3.59. The fraction of sp³-hybridized carbons (Fsp3) is 0.219. The van der Waals surface area contributed by atoms with Crippen LogP contribution in [0.15, 0.2) is 91.1 Å². The predicted octanol–water partition coefficient (Wildman–Crippen LogP) is 6.17. The standard InChI is InChI=1S/C32H30ClN5O3S/c1-22(23-13-15-26(16-14-23)38-17-8-18-42(38,40)41)36(2)32(39)27-19-30(24-9-4-3-5-10-24)35-31-28(27)20-34-37(31)21-25-11-6-7-12-29(25)33/h3-7,9-16,19-20,22H,8,17-18,21H2,1-2H3. The Morgan fingerprint density at radius 3 is 2.43 bits per heavy atom. The van der Waals surface area contributed by atoms with Crippen molar-refractivity contribution in [3.05, 3.63) is 113 Å². The summed E-state index contributed by atoms with van der Waals surface area (Å²) in [5.74, 6) is -0.00138. The third-order valence-corrected chi connectivity index (χ3v) is 10.1. The molecule has 10 heteroatoms. The van der Waals surface area contributed by atoms with Gasteiger partial charge in [-0.25, -0.2) is 18.1 Å². The molecule has 1 fully saturated rings. The summed E-state index contributed by atoms with van der Waals surface area (Å²) in [6, 6.07) is 26.3. The van der Waals surface area contributed by atoms with Crippen molar-refractivity contribution < 1.29 is 13.2 Å². The molecule has 2 aromatic heterocycles. The molecule has 1 unspecified atom stereocenters. The van der Waals surface area contributed by atoms with Gasteiger partial charge in [0.1, 0.15) is 0 Å².